The molecule has 0 saturated carbocycles. The molecule has 1 aromatic rings. The first-order valence-electron chi connectivity index (χ1n) is 5.75. The zero-order valence-electron chi connectivity index (χ0n) is 11.0. The van der Waals surface area contributed by atoms with Crippen molar-refractivity contribution in [2.75, 3.05) is 30.8 Å². The van der Waals surface area contributed by atoms with Crippen molar-refractivity contribution in [3.63, 3.8) is 0 Å². The van der Waals surface area contributed by atoms with Gasteiger partial charge in [-0.3, -0.25) is 0 Å². The Morgan fingerprint density at radius 1 is 1.35 bits per heavy atom. The van der Waals surface area contributed by atoms with E-state index in [1.165, 1.54) is 19.2 Å². The first-order chi connectivity index (χ1) is 9.10. The summed E-state index contributed by atoms with van der Waals surface area (Å²) in [7, 11) is -2.44. The number of nitrogen functional groups attached to an aromatic ring is 1. The number of benzene rings is 1. The van der Waals surface area contributed by atoms with Crippen molar-refractivity contribution >= 4 is 21.4 Å². The standard InChI is InChI=1S/C11H16F3N3O2S/c1-3-17(7-11(12,13)14)10-5-4-8(6-9(10)15)20(18,19)16-2/h4-6,16H,3,7,15H2,1-2H3. The zero-order valence-corrected chi connectivity index (χ0v) is 11.8. The summed E-state index contributed by atoms with van der Waals surface area (Å²) in [4.78, 5) is 0.940. The second-order valence-electron chi connectivity index (χ2n) is 4.06. The Kier molecular flexibility index (Phi) is 4.87. The number of nitrogens with one attached hydrogen (secondary N) is 1. The lowest BCUT2D eigenvalue weighted by Crippen LogP contribution is -2.34. The lowest BCUT2D eigenvalue weighted by Gasteiger charge is -2.26. The molecule has 0 bridgehead atoms. The number of sulfonamides is 1. The second-order valence-corrected chi connectivity index (χ2v) is 5.94. The molecule has 9 heteroatoms. The molecule has 0 heterocycles. The van der Waals surface area contributed by atoms with Gasteiger partial charge < -0.3 is 10.6 Å². The van der Waals surface area contributed by atoms with Gasteiger partial charge in [0, 0.05) is 6.54 Å². The number of nitrogens with two attached hydrogens (primary N) is 1. The molecule has 0 aliphatic carbocycles. The van der Waals surface area contributed by atoms with Crippen LogP contribution in [0.1, 0.15) is 6.92 Å². The average molecular weight is 311 g/mol. The third kappa shape index (κ3) is 4.01. The summed E-state index contributed by atoms with van der Waals surface area (Å²) in [6.45, 7) is 0.511. The van der Waals surface area contributed by atoms with Gasteiger partial charge in [-0.25, -0.2) is 13.1 Å². The fourth-order valence-corrected chi connectivity index (χ4v) is 2.45. The molecule has 114 valence electrons. The number of nitrogens with zero attached hydrogens (tertiary/aromatic N) is 1. The number of rotatable bonds is 5. The fraction of sp³-hybridized carbons (Fsp3) is 0.455. The molecule has 0 aliphatic heterocycles. The van der Waals surface area contributed by atoms with E-state index < -0.39 is 22.7 Å². The van der Waals surface area contributed by atoms with Crippen LogP contribution in [0.4, 0.5) is 24.5 Å². The van der Waals surface area contributed by atoms with E-state index in [2.05, 4.69) is 4.72 Å². The minimum Gasteiger partial charge on any atom is -0.397 e. The molecule has 3 N–H and O–H groups in total. The van der Waals surface area contributed by atoms with E-state index in [0.717, 1.165) is 11.0 Å². The predicted molar refractivity (Wildman–Crippen MR) is 71.0 cm³/mol. The first kappa shape index (κ1) is 16.6. The van der Waals surface area contributed by atoms with Crippen molar-refractivity contribution in [1.29, 1.82) is 0 Å². The average Bonchev–Trinajstić information content (AvgIpc) is 2.35. The van der Waals surface area contributed by atoms with Crippen molar-refractivity contribution in [3.8, 4) is 0 Å². The van der Waals surface area contributed by atoms with Crippen molar-refractivity contribution in [2.24, 2.45) is 0 Å². The minimum absolute atomic E-state index is 0.0209. The van der Waals surface area contributed by atoms with E-state index in [1.807, 2.05) is 0 Å². The summed E-state index contributed by atoms with van der Waals surface area (Å²) in [5.74, 6) is 0. The molecule has 0 aliphatic rings. The summed E-state index contributed by atoms with van der Waals surface area (Å²) in [6.07, 6.45) is -4.36. The minimum atomic E-state index is -4.36. The van der Waals surface area contributed by atoms with E-state index in [0.29, 0.717) is 0 Å². The smallest absolute Gasteiger partial charge is 0.397 e. The van der Waals surface area contributed by atoms with E-state index in [9.17, 15) is 21.6 Å². The van der Waals surface area contributed by atoms with Gasteiger partial charge in [0.1, 0.15) is 6.54 Å². The first-order valence-corrected chi connectivity index (χ1v) is 7.24. The van der Waals surface area contributed by atoms with Crippen molar-refractivity contribution in [2.45, 2.75) is 18.0 Å². The molecular weight excluding hydrogens is 295 g/mol. The second kappa shape index (κ2) is 5.88. The fourth-order valence-electron chi connectivity index (χ4n) is 1.69. The van der Waals surface area contributed by atoms with E-state index in [1.54, 1.807) is 6.92 Å². The highest BCUT2D eigenvalue weighted by molar-refractivity contribution is 7.89. The SMILES string of the molecule is CCN(CC(F)(F)F)c1ccc(S(=O)(=O)NC)cc1N. The lowest BCUT2D eigenvalue weighted by molar-refractivity contribution is -0.119. The summed E-state index contributed by atoms with van der Waals surface area (Å²) in [5.41, 5.74) is 5.80. The molecule has 5 nitrogen and oxygen atoms in total. The van der Waals surface area contributed by atoms with Crippen LogP contribution >= 0.6 is 0 Å². The topological polar surface area (TPSA) is 75.4 Å². The van der Waals surface area contributed by atoms with Gasteiger partial charge in [-0.05, 0) is 32.2 Å². The Morgan fingerprint density at radius 2 is 1.95 bits per heavy atom. The molecule has 0 aromatic heterocycles. The van der Waals surface area contributed by atoms with Gasteiger partial charge in [0.05, 0.1) is 16.3 Å². The number of alkyl halides is 3. The molecule has 0 fully saturated rings. The monoisotopic (exact) mass is 311 g/mol. The van der Waals surface area contributed by atoms with Gasteiger partial charge in [-0.2, -0.15) is 13.2 Å². The Balaban J connectivity index is 3.15. The highest BCUT2D eigenvalue weighted by atomic mass is 32.2. The van der Waals surface area contributed by atoms with Crippen LogP contribution in [-0.4, -0.2) is 34.7 Å². The summed E-state index contributed by atoms with van der Waals surface area (Å²) in [6, 6.07) is 3.63. The molecule has 0 spiro atoms. The summed E-state index contributed by atoms with van der Waals surface area (Å²) >= 11 is 0. The Labute approximate surface area is 115 Å². The molecule has 1 rings (SSSR count). The molecule has 1 aromatic carbocycles. The number of halogens is 3. The molecule has 0 unspecified atom stereocenters. The normalized spacial score (nSPS) is 12.4. The van der Waals surface area contributed by atoms with Gasteiger partial charge in [0.15, 0.2) is 0 Å². The quantitative estimate of drug-likeness (QED) is 0.809. The third-order valence-corrected chi connectivity index (χ3v) is 4.08. The number of hydrogen-bond donors (Lipinski definition) is 2. The summed E-state index contributed by atoms with van der Waals surface area (Å²) < 4.78 is 62.6. The van der Waals surface area contributed by atoms with Crippen molar-refractivity contribution in [1.82, 2.24) is 4.72 Å². The summed E-state index contributed by atoms with van der Waals surface area (Å²) in [5, 5.41) is 0. The van der Waals surface area contributed by atoms with Crippen LogP contribution in [0.15, 0.2) is 23.1 Å². The van der Waals surface area contributed by atoms with Gasteiger partial charge >= 0.3 is 6.18 Å². The van der Waals surface area contributed by atoms with Gasteiger partial charge in [0.2, 0.25) is 10.0 Å². The van der Waals surface area contributed by atoms with Crippen LogP contribution in [0.2, 0.25) is 0 Å². The van der Waals surface area contributed by atoms with E-state index in [4.69, 9.17) is 5.73 Å². The zero-order chi connectivity index (χ0) is 15.6. The van der Waals surface area contributed by atoms with Crippen LogP contribution in [0.25, 0.3) is 0 Å². The lowest BCUT2D eigenvalue weighted by atomic mass is 10.2. The molecule has 0 atom stereocenters. The maximum Gasteiger partial charge on any atom is 0.405 e. The van der Waals surface area contributed by atoms with Gasteiger partial charge in [-0.1, -0.05) is 0 Å². The highest BCUT2D eigenvalue weighted by Crippen LogP contribution is 2.28. The van der Waals surface area contributed by atoms with Crippen LogP contribution in [0.3, 0.4) is 0 Å². The van der Waals surface area contributed by atoms with Crippen LogP contribution in [0, 0.1) is 0 Å². The Bertz CT molecular complexity index is 573. The largest absolute Gasteiger partial charge is 0.405 e. The predicted octanol–water partition coefficient (Wildman–Crippen LogP) is 1.57. The van der Waals surface area contributed by atoms with Crippen molar-refractivity contribution < 1.29 is 21.6 Å². The highest BCUT2D eigenvalue weighted by Gasteiger charge is 2.31. The Morgan fingerprint density at radius 3 is 2.35 bits per heavy atom. The number of hydrogen-bond acceptors (Lipinski definition) is 4. The Hall–Kier alpha value is -1.48. The van der Waals surface area contributed by atoms with Crippen molar-refractivity contribution in [3.05, 3.63) is 18.2 Å². The third-order valence-electron chi connectivity index (χ3n) is 2.67. The van der Waals surface area contributed by atoms with E-state index >= 15 is 0 Å². The molecule has 20 heavy (non-hydrogen) atoms. The molecule has 0 amide bonds. The molecule has 0 saturated heterocycles. The maximum absolute atomic E-state index is 12.4. The number of anilines is 2. The molecular formula is C11H16F3N3O2S. The van der Waals surface area contributed by atoms with Crippen LogP contribution < -0.4 is 15.4 Å². The van der Waals surface area contributed by atoms with Gasteiger partial charge in [-0.15, -0.1) is 0 Å². The maximum atomic E-state index is 12.4. The molecule has 0 radical (unpaired) electrons. The van der Waals surface area contributed by atoms with Crippen LogP contribution in [0.5, 0.6) is 0 Å². The van der Waals surface area contributed by atoms with Crippen LogP contribution in [-0.2, 0) is 10.0 Å². The van der Waals surface area contributed by atoms with E-state index in [-0.39, 0.29) is 22.8 Å². The van der Waals surface area contributed by atoms with Gasteiger partial charge in [0.25, 0.3) is 0 Å².